The zero-order chi connectivity index (χ0) is 11.8. The van der Waals surface area contributed by atoms with E-state index in [0.29, 0.717) is 0 Å². The fourth-order valence-electron chi connectivity index (χ4n) is 1.58. The van der Waals surface area contributed by atoms with Crippen molar-refractivity contribution in [3.8, 4) is 0 Å². The van der Waals surface area contributed by atoms with Gasteiger partial charge in [0, 0.05) is 14.1 Å². The van der Waals surface area contributed by atoms with Crippen LogP contribution in [0.25, 0.3) is 0 Å². The zero-order valence-electron chi connectivity index (χ0n) is 9.66. The molecule has 0 bridgehead atoms. The van der Waals surface area contributed by atoms with Crippen LogP contribution in [0.1, 0.15) is 12.8 Å². The maximum absolute atomic E-state index is 11.8. The third-order valence-corrected chi connectivity index (χ3v) is 2.87. The summed E-state index contributed by atoms with van der Waals surface area (Å²) in [5.74, 6) is -0.0817. The zero-order valence-corrected chi connectivity index (χ0v) is 9.66. The van der Waals surface area contributed by atoms with Gasteiger partial charge in [-0.25, -0.2) is 0 Å². The summed E-state index contributed by atoms with van der Waals surface area (Å²) < 4.78 is 0. The summed E-state index contributed by atoms with van der Waals surface area (Å²) in [5.41, 5.74) is 7.01. The SMILES string of the molecule is CN(C)c1ccccc1NC(=O)C1(N)CC1. The molecular weight excluding hydrogens is 202 g/mol. The van der Waals surface area contributed by atoms with Crippen molar-refractivity contribution in [2.75, 3.05) is 24.3 Å². The van der Waals surface area contributed by atoms with Crippen LogP contribution in [-0.4, -0.2) is 25.5 Å². The average Bonchev–Trinajstić information content (AvgIpc) is 2.98. The number of carbonyl (C=O) groups excluding carboxylic acids is 1. The number of nitrogens with two attached hydrogens (primary N) is 1. The van der Waals surface area contributed by atoms with Crippen molar-refractivity contribution in [2.45, 2.75) is 18.4 Å². The Morgan fingerprint density at radius 3 is 2.56 bits per heavy atom. The van der Waals surface area contributed by atoms with E-state index in [4.69, 9.17) is 5.73 Å². The van der Waals surface area contributed by atoms with Crippen LogP contribution in [0, 0.1) is 0 Å². The quantitative estimate of drug-likeness (QED) is 0.802. The van der Waals surface area contributed by atoms with Crippen LogP contribution in [0.3, 0.4) is 0 Å². The van der Waals surface area contributed by atoms with Crippen molar-refractivity contribution in [1.82, 2.24) is 0 Å². The summed E-state index contributed by atoms with van der Waals surface area (Å²) in [6.07, 6.45) is 1.56. The fourth-order valence-corrected chi connectivity index (χ4v) is 1.58. The molecule has 0 saturated heterocycles. The highest BCUT2D eigenvalue weighted by Gasteiger charge is 2.46. The lowest BCUT2D eigenvalue weighted by molar-refractivity contribution is -0.118. The largest absolute Gasteiger partial charge is 0.376 e. The van der Waals surface area contributed by atoms with E-state index >= 15 is 0 Å². The van der Waals surface area contributed by atoms with E-state index in [1.807, 2.05) is 43.3 Å². The van der Waals surface area contributed by atoms with Crippen molar-refractivity contribution in [3.63, 3.8) is 0 Å². The van der Waals surface area contributed by atoms with Gasteiger partial charge in [0.1, 0.15) is 0 Å². The minimum absolute atomic E-state index is 0.0817. The van der Waals surface area contributed by atoms with Gasteiger partial charge in [-0.2, -0.15) is 0 Å². The molecule has 0 aliphatic heterocycles. The fraction of sp³-hybridized carbons (Fsp3) is 0.417. The maximum atomic E-state index is 11.8. The molecule has 0 radical (unpaired) electrons. The highest BCUT2D eigenvalue weighted by molar-refractivity contribution is 6.02. The van der Waals surface area contributed by atoms with Gasteiger partial charge in [0.15, 0.2) is 0 Å². The molecule has 1 fully saturated rings. The Bertz CT molecular complexity index is 410. The number of amides is 1. The Hall–Kier alpha value is -1.55. The van der Waals surface area contributed by atoms with E-state index in [1.165, 1.54) is 0 Å². The molecule has 86 valence electrons. The van der Waals surface area contributed by atoms with Crippen LogP contribution in [0.15, 0.2) is 24.3 Å². The molecule has 1 aromatic rings. The lowest BCUT2D eigenvalue weighted by atomic mass is 10.2. The van der Waals surface area contributed by atoms with E-state index in [-0.39, 0.29) is 5.91 Å². The molecule has 4 nitrogen and oxygen atoms in total. The van der Waals surface area contributed by atoms with E-state index in [9.17, 15) is 4.79 Å². The van der Waals surface area contributed by atoms with Crippen molar-refractivity contribution < 1.29 is 4.79 Å². The van der Waals surface area contributed by atoms with Crippen LogP contribution in [0.5, 0.6) is 0 Å². The summed E-state index contributed by atoms with van der Waals surface area (Å²) in [6, 6.07) is 7.70. The van der Waals surface area contributed by atoms with Crippen LogP contribution in [0.4, 0.5) is 11.4 Å². The molecule has 3 N–H and O–H groups in total. The standard InChI is InChI=1S/C12H17N3O/c1-15(2)10-6-4-3-5-9(10)14-11(16)12(13)7-8-12/h3-6H,7-8,13H2,1-2H3,(H,14,16). The van der Waals surface area contributed by atoms with Crippen LogP contribution in [-0.2, 0) is 4.79 Å². The Morgan fingerprint density at radius 2 is 2.00 bits per heavy atom. The topological polar surface area (TPSA) is 58.4 Å². The van der Waals surface area contributed by atoms with Crippen molar-refractivity contribution in [3.05, 3.63) is 24.3 Å². The van der Waals surface area contributed by atoms with Crippen LogP contribution in [0.2, 0.25) is 0 Å². The number of anilines is 2. The molecule has 16 heavy (non-hydrogen) atoms. The first kappa shape index (κ1) is 11.0. The van der Waals surface area contributed by atoms with Crippen LogP contribution < -0.4 is 16.0 Å². The minimum Gasteiger partial charge on any atom is -0.376 e. The predicted molar refractivity (Wildman–Crippen MR) is 65.6 cm³/mol. The van der Waals surface area contributed by atoms with Gasteiger partial charge in [0.25, 0.3) is 0 Å². The Balaban J connectivity index is 2.17. The molecule has 0 atom stereocenters. The van der Waals surface area contributed by atoms with Gasteiger partial charge >= 0.3 is 0 Å². The lowest BCUT2D eigenvalue weighted by Crippen LogP contribution is -2.38. The molecule has 4 heteroatoms. The van der Waals surface area contributed by atoms with E-state index in [2.05, 4.69) is 5.32 Å². The molecule has 0 heterocycles. The summed E-state index contributed by atoms with van der Waals surface area (Å²) in [4.78, 5) is 13.8. The highest BCUT2D eigenvalue weighted by Crippen LogP contribution is 2.34. The summed E-state index contributed by atoms with van der Waals surface area (Å²) in [5, 5.41) is 2.89. The molecule has 1 aliphatic rings. The Kier molecular flexibility index (Phi) is 2.59. The first-order valence-electron chi connectivity index (χ1n) is 5.40. The molecule has 1 saturated carbocycles. The number of nitrogens with zero attached hydrogens (tertiary/aromatic N) is 1. The number of rotatable bonds is 3. The Labute approximate surface area is 95.4 Å². The van der Waals surface area contributed by atoms with Crippen LogP contribution >= 0.6 is 0 Å². The third kappa shape index (κ3) is 2.02. The number of para-hydroxylation sites is 2. The Morgan fingerprint density at radius 1 is 1.38 bits per heavy atom. The van der Waals surface area contributed by atoms with Gasteiger partial charge < -0.3 is 16.0 Å². The molecular formula is C12H17N3O. The molecule has 2 rings (SSSR count). The predicted octanol–water partition coefficient (Wildman–Crippen LogP) is 1.18. The number of hydrogen-bond donors (Lipinski definition) is 2. The lowest BCUT2D eigenvalue weighted by Gasteiger charge is -2.19. The number of carbonyl (C=O) groups is 1. The molecule has 1 aromatic carbocycles. The second kappa shape index (κ2) is 3.79. The van der Waals surface area contributed by atoms with Gasteiger partial charge in [-0.1, -0.05) is 12.1 Å². The van der Waals surface area contributed by atoms with Crippen molar-refractivity contribution in [2.24, 2.45) is 5.73 Å². The first-order valence-corrected chi connectivity index (χ1v) is 5.40. The average molecular weight is 219 g/mol. The number of hydrogen-bond acceptors (Lipinski definition) is 3. The first-order chi connectivity index (χ1) is 7.53. The van der Waals surface area contributed by atoms with E-state index in [0.717, 1.165) is 24.2 Å². The van der Waals surface area contributed by atoms with Gasteiger partial charge in [-0.3, -0.25) is 4.79 Å². The van der Waals surface area contributed by atoms with E-state index in [1.54, 1.807) is 0 Å². The van der Waals surface area contributed by atoms with Crippen molar-refractivity contribution >= 4 is 17.3 Å². The summed E-state index contributed by atoms with van der Waals surface area (Å²) >= 11 is 0. The molecule has 1 amide bonds. The van der Waals surface area contributed by atoms with Crippen molar-refractivity contribution in [1.29, 1.82) is 0 Å². The second-order valence-electron chi connectivity index (χ2n) is 4.52. The highest BCUT2D eigenvalue weighted by atomic mass is 16.2. The molecule has 1 aliphatic carbocycles. The second-order valence-corrected chi connectivity index (χ2v) is 4.52. The molecule has 0 spiro atoms. The van der Waals surface area contributed by atoms with E-state index < -0.39 is 5.54 Å². The molecule has 0 aromatic heterocycles. The van der Waals surface area contributed by atoms with Gasteiger partial charge in [-0.15, -0.1) is 0 Å². The van der Waals surface area contributed by atoms with Gasteiger partial charge in [0.05, 0.1) is 16.9 Å². The summed E-state index contributed by atoms with van der Waals surface area (Å²) in [6.45, 7) is 0. The summed E-state index contributed by atoms with van der Waals surface area (Å²) in [7, 11) is 3.89. The normalized spacial score (nSPS) is 16.7. The number of nitrogens with one attached hydrogen (secondary N) is 1. The third-order valence-electron chi connectivity index (χ3n) is 2.87. The monoisotopic (exact) mass is 219 g/mol. The minimum atomic E-state index is -0.626. The smallest absolute Gasteiger partial charge is 0.244 e. The van der Waals surface area contributed by atoms with Gasteiger partial charge in [0.2, 0.25) is 5.91 Å². The number of benzene rings is 1. The van der Waals surface area contributed by atoms with Gasteiger partial charge in [-0.05, 0) is 25.0 Å². The molecule has 0 unspecified atom stereocenters. The maximum Gasteiger partial charge on any atom is 0.244 e.